The minimum absolute atomic E-state index is 0.0238. The molecule has 3 heterocycles. The summed E-state index contributed by atoms with van der Waals surface area (Å²) in [5.74, 6) is 1.01. The van der Waals surface area contributed by atoms with Crippen molar-refractivity contribution in [2.45, 2.75) is 31.3 Å². The maximum atomic E-state index is 13.0. The summed E-state index contributed by atoms with van der Waals surface area (Å²) in [7, 11) is 0. The van der Waals surface area contributed by atoms with Gasteiger partial charge >= 0.3 is 0 Å². The molecule has 7 heteroatoms. The second-order valence-corrected chi connectivity index (χ2v) is 8.71. The van der Waals surface area contributed by atoms with E-state index in [2.05, 4.69) is 34.8 Å². The molecule has 0 aliphatic heterocycles. The van der Waals surface area contributed by atoms with Gasteiger partial charge in [0, 0.05) is 29.2 Å². The molecule has 0 aliphatic carbocycles. The van der Waals surface area contributed by atoms with Gasteiger partial charge in [0.25, 0.3) is 5.56 Å². The van der Waals surface area contributed by atoms with Gasteiger partial charge in [-0.15, -0.1) is 0 Å². The molecule has 0 unspecified atom stereocenters. The van der Waals surface area contributed by atoms with E-state index in [1.165, 1.54) is 0 Å². The molecule has 0 radical (unpaired) electrons. The van der Waals surface area contributed by atoms with Crippen molar-refractivity contribution in [3.05, 3.63) is 69.3 Å². The van der Waals surface area contributed by atoms with E-state index in [1.807, 2.05) is 53.2 Å². The number of pyridine rings is 1. The first-order chi connectivity index (χ1) is 13.0. The zero-order chi connectivity index (χ0) is 19.0. The minimum Gasteiger partial charge on any atom is -0.306 e. The van der Waals surface area contributed by atoms with Crippen LogP contribution < -0.4 is 5.56 Å². The van der Waals surface area contributed by atoms with Crippen LogP contribution in [0, 0.1) is 5.92 Å². The summed E-state index contributed by atoms with van der Waals surface area (Å²) in [4.78, 5) is 22.4. The molecule has 0 atom stereocenters. The number of imidazole rings is 1. The maximum Gasteiger partial charge on any atom is 0.262 e. The maximum absolute atomic E-state index is 13.0. The minimum atomic E-state index is 0.0238. The number of hydrogen-bond donors (Lipinski definition) is 0. The largest absolute Gasteiger partial charge is 0.306 e. The summed E-state index contributed by atoms with van der Waals surface area (Å²) >= 11 is 5.03. The number of nitrogens with zero attached hydrogens (tertiary/aromatic N) is 4. The lowest BCUT2D eigenvalue weighted by Gasteiger charge is -2.14. The van der Waals surface area contributed by atoms with Crippen LogP contribution in [-0.2, 0) is 12.3 Å². The smallest absolute Gasteiger partial charge is 0.262 e. The van der Waals surface area contributed by atoms with Gasteiger partial charge in [-0.3, -0.25) is 9.36 Å². The van der Waals surface area contributed by atoms with E-state index in [0.29, 0.717) is 23.6 Å². The van der Waals surface area contributed by atoms with Crippen molar-refractivity contribution < 1.29 is 0 Å². The van der Waals surface area contributed by atoms with Crippen LogP contribution in [0.3, 0.4) is 0 Å². The Morgan fingerprint density at radius 3 is 2.74 bits per heavy atom. The Hall–Kier alpha value is -2.12. The van der Waals surface area contributed by atoms with E-state index in [9.17, 15) is 4.79 Å². The summed E-state index contributed by atoms with van der Waals surface area (Å²) in [6.45, 7) is 4.86. The van der Waals surface area contributed by atoms with Gasteiger partial charge in [-0.2, -0.15) is 0 Å². The van der Waals surface area contributed by atoms with E-state index in [4.69, 9.17) is 4.98 Å². The molecule has 1 aromatic carbocycles. The Balaban J connectivity index is 1.70. The van der Waals surface area contributed by atoms with Crippen LogP contribution in [0.15, 0.2) is 63.2 Å². The van der Waals surface area contributed by atoms with Gasteiger partial charge in [-0.1, -0.05) is 37.7 Å². The fourth-order valence-corrected chi connectivity index (χ4v) is 4.25. The van der Waals surface area contributed by atoms with Crippen LogP contribution in [0.2, 0.25) is 0 Å². The summed E-state index contributed by atoms with van der Waals surface area (Å²) < 4.78 is 4.80. The quantitative estimate of drug-likeness (QED) is 0.330. The molecule has 3 aromatic heterocycles. The first kappa shape index (κ1) is 18.3. The van der Waals surface area contributed by atoms with E-state index in [0.717, 1.165) is 26.5 Å². The highest BCUT2D eigenvalue weighted by Crippen LogP contribution is 2.23. The number of para-hydroxylation sites is 1. The van der Waals surface area contributed by atoms with Crippen molar-refractivity contribution in [1.29, 1.82) is 0 Å². The lowest BCUT2D eigenvalue weighted by molar-refractivity contribution is 0.475. The molecule has 0 N–H and O–H groups in total. The predicted molar refractivity (Wildman–Crippen MR) is 113 cm³/mol. The summed E-state index contributed by atoms with van der Waals surface area (Å²) in [5, 5.41) is 1.41. The molecule has 27 heavy (non-hydrogen) atoms. The Labute approximate surface area is 169 Å². The van der Waals surface area contributed by atoms with Crippen LogP contribution in [0.1, 0.15) is 19.5 Å². The molecular formula is C20H19BrN4OS. The molecule has 0 amide bonds. The lowest BCUT2D eigenvalue weighted by Crippen LogP contribution is -2.25. The van der Waals surface area contributed by atoms with Crippen LogP contribution in [0.5, 0.6) is 0 Å². The summed E-state index contributed by atoms with van der Waals surface area (Å²) in [6.07, 6.45) is 4.00. The van der Waals surface area contributed by atoms with Crippen molar-refractivity contribution in [2.24, 2.45) is 5.92 Å². The van der Waals surface area contributed by atoms with Gasteiger partial charge in [-0.25, -0.2) is 9.97 Å². The molecule has 138 valence electrons. The fraction of sp³-hybridized carbons (Fsp3) is 0.250. The van der Waals surface area contributed by atoms with E-state index in [-0.39, 0.29) is 5.56 Å². The normalized spacial score (nSPS) is 11.7. The summed E-state index contributed by atoms with van der Waals surface area (Å²) in [5.41, 5.74) is 2.62. The first-order valence-electron chi connectivity index (χ1n) is 8.77. The Morgan fingerprint density at radius 2 is 1.93 bits per heavy atom. The van der Waals surface area contributed by atoms with E-state index >= 15 is 0 Å². The molecule has 0 bridgehead atoms. The molecule has 0 saturated heterocycles. The van der Waals surface area contributed by atoms with Crippen LogP contribution in [0.4, 0.5) is 0 Å². The van der Waals surface area contributed by atoms with Crippen molar-refractivity contribution >= 4 is 44.2 Å². The third-order valence-electron chi connectivity index (χ3n) is 4.19. The first-order valence-corrected chi connectivity index (χ1v) is 10.5. The van der Waals surface area contributed by atoms with Crippen molar-refractivity contribution in [2.75, 3.05) is 0 Å². The molecule has 5 nitrogen and oxygen atoms in total. The van der Waals surface area contributed by atoms with Crippen LogP contribution in [-0.4, -0.2) is 18.9 Å². The Kier molecular flexibility index (Phi) is 5.06. The van der Waals surface area contributed by atoms with Crippen molar-refractivity contribution in [3.63, 3.8) is 0 Å². The number of halogens is 1. The fourth-order valence-electron chi connectivity index (χ4n) is 3.01. The van der Waals surface area contributed by atoms with Gasteiger partial charge < -0.3 is 4.40 Å². The lowest BCUT2D eigenvalue weighted by atomic mass is 10.2. The highest BCUT2D eigenvalue weighted by Gasteiger charge is 2.13. The number of rotatable bonds is 5. The average molecular weight is 443 g/mol. The Morgan fingerprint density at radius 1 is 1.11 bits per heavy atom. The zero-order valence-corrected chi connectivity index (χ0v) is 17.5. The third kappa shape index (κ3) is 3.80. The second kappa shape index (κ2) is 7.48. The third-order valence-corrected chi connectivity index (χ3v) is 5.67. The molecular weight excluding hydrogens is 424 g/mol. The van der Waals surface area contributed by atoms with Crippen molar-refractivity contribution in [3.8, 4) is 0 Å². The predicted octanol–water partition coefficient (Wildman–Crippen LogP) is 4.76. The van der Waals surface area contributed by atoms with Gasteiger partial charge in [0.1, 0.15) is 5.65 Å². The molecule has 4 rings (SSSR count). The Bertz CT molecular complexity index is 1180. The molecule has 0 spiro atoms. The summed E-state index contributed by atoms with van der Waals surface area (Å²) in [6, 6.07) is 11.5. The van der Waals surface area contributed by atoms with Crippen LogP contribution >= 0.6 is 27.7 Å². The van der Waals surface area contributed by atoms with Gasteiger partial charge in [0.15, 0.2) is 5.16 Å². The number of fused-ring (bicyclic) bond motifs is 2. The van der Waals surface area contributed by atoms with Gasteiger partial charge in [0.2, 0.25) is 0 Å². The van der Waals surface area contributed by atoms with Gasteiger partial charge in [0.05, 0.1) is 16.6 Å². The molecule has 4 aromatic rings. The monoisotopic (exact) mass is 442 g/mol. The highest BCUT2D eigenvalue weighted by atomic mass is 79.9. The number of hydrogen-bond acceptors (Lipinski definition) is 4. The molecule has 0 fully saturated rings. The number of aromatic nitrogens is 4. The highest BCUT2D eigenvalue weighted by molar-refractivity contribution is 9.10. The standard InChI is InChI=1S/C20H19BrN4OS/c1-13(2)9-25-19(26)16-5-3-4-6-17(16)23-20(25)27-12-15-11-24-10-14(21)7-8-18(24)22-15/h3-8,10-11,13H,9,12H2,1-2H3. The second-order valence-electron chi connectivity index (χ2n) is 6.85. The van der Waals surface area contributed by atoms with Gasteiger partial charge in [-0.05, 0) is 46.1 Å². The van der Waals surface area contributed by atoms with Crippen molar-refractivity contribution in [1.82, 2.24) is 18.9 Å². The van der Waals surface area contributed by atoms with E-state index in [1.54, 1.807) is 16.3 Å². The topological polar surface area (TPSA) is 52.2 Å². The zero-order valence-electron chi connectivity index (χ0n) is 15.1. The number of benzene rings is 1. The van der Waals surface area contributed by atoms with Crippen LogP contribution in [0.25, 0.3) is 16.6 Å². The molecule has 0 aliphatic rings. The average Bonchev–Trinajstić information content (AvgIpc) is 3.04. The SMILES string of the molecule is CC(C)Cn1c(SCc2cn3cc(Br)ccc3n2)nc2ccccc2c1=O. The number of thioether (sulfide) groups is 1. The van der Waals surface area contributed by atoms with E-state index < -0.39 is 0 Å². The molecule has 0 saturated carbocycles.